The normalized spacial score (nSPS) is 16.4. The molecule has 3 heterocycles. The maximum atomic E-state index is 12.9. The molecule has 1 N–H and O–H groups in total. The van der Waals surface area contributed by atoms with E-state index in [1.54, 1.807) is 17.7 Å². The van der Waals surface area contributed by atoms with E-state index >= 15 is 0 Å². The Balaban J connectivity index is 1.17. The molecule has 8 nitrogen and oxygen atoms in total. The predicted molar refractivity (Wildman–Crippen MR) is 134 cm³/mol. The molecular formula is C27H31N3O5. The topological polar surface area (TPSA) is 82.0 Å². The summed E-state index contributed by atoms with van der Waals surface area (Å²) in [4.78, 5) is 26.7. The number of nitrogens with zero attached hydrogens (tertiary/aromatic N) is 2. The van der Waals surface area contributed by atoms with Crippen LogP contribution in [-0.4, -0.2) is 61.8 Å². The third-order valence-electron chi connectivity index (χ3n) is 6.89. The number of fused-ring (bicyclic) bond motifs is 2. The third-order valence-corrected chi connectivity index (χ3v) is 6.89. The number of nitrogens with one attached hydrogen (secondary N) is 1. The SMILES string of the molecule is COc1ccc2cc(C=O)c(=O)n(CCN3CCC(NCc4ccc5c(c4)OCCO5)CC3)c2c1. The average molecular weight is 478 g/mol. The zero-order chi connectivity index (χ0) is 24.2. The molecule has 0 radical (unpaired) electrons. The van der Waals surface area contributed by atoms with Gasteiger partial charge in [0, 0.05) is 31.7 Å². The average Bonchev–Trinajstić information content (AvgIpc) is 2.91. The van der Waals surface area contributed by atoms with E-state index in [9.17, 15) is 9.59 Å². The predicted octanol–water partition coefficient (Wildman–Crippen LogP) is 2.85. The molecule has 0 bridgehead atoms. The number of aldehydes is 1. The number of pyridine rings is 1. The fraction of sp³-hybridized carbons (Fsp3) is 0.407. The molecule has 2 aliphatic heterocycles. The van der Waals surface area contributed by atoms with Crippen molar-refractivity contribution in [1.82, 2.24) is 14.8 Å². The second kappa shape index (κ2) is 10.5. The van der Waals surface area contributed by atoms with Gasteiger partial charge in [-0.3, -0.25) is 9.59 Å². The Hall–Kier alpha value is -3.36. The minimum absolute atomic E-state index is 0.185. The van der Waals surface area contributed by atoms with Crippen LogP contribution in [0.2, 0.25) is 0 Å². The number of piperidine rings is 1. The molecule has 3 aromatic rings. The number of carbonyl (C=O) groups is 1. The summed E-state index contributed by atoms with van der Waals surface area (Å²) in [6, 6.07) is 13.8. The van der Waals surface area contributed by atoms with E-state index in [0.29, 0.717) is 37.8 Å². The Labute approximate surface area is 204 Å². The van der Waals surface area contributed by atoms with E-state index in [4.69, 9.17) is 14.2 Å². The van der Waals surface area contributed by atoms with E-state index in [2.05, 4.69) is 22.3 Å². The van der Waals surface area contributed by atoms with Crippen molar-refractivity contribution in [3.63, 3.8) is 0 Å². The van der Waals surface area contributed by atoms with Crippen LogP contribution in [-0.2, 0) is 13.1 Å². The van der Waals surface area contributed by atoms with Crippen molar-refractivity contribution in [2.45, 2.75) is 32.0 Å². The maximum absolute atomic E-state index is 12.9. The van der Waals surface area contributed by atoms with E-state index in [0.717, 1.165) is 61.4 Å². The molecule has 8 heteroatoms. The van der Waals surface area contributed by atoms with Gasteiger partial charge in [0.1, 0.15) is 19.0 Å². The van der Waals surface area contributed by atoms with Gasteiger partial charge in [-0.25, -0.2) is 0 Å². The molecule has 0 amide bonds. The van der Waals surface area contributed by atoms with Crippen LogP contribution in [0, 0.1) is 0 Å². The van der Waals surface area contributed by atoms with Gasteiger partial charge in [-0.15, -0.1) is 0 Å². The molecule has 5 rings (SSSR count). The summed E-state index contributed by atoms with van der Waals surface area (Å²) in [5.74, 6) is 2.33. The Morgan fingerprint density at radius 1 is 1.03 bits per heavy atom. The standard InChI is InChI=1S/C27H31N3O5/c1-33-23-4-3-20-15-21(18-31)27(32)30(24(20)16-23)11-10-29-8-6-22(7-9-29)28-17-19-2-5-25-26(14-19)35-13-12-34-25/h2-5,14-16,18,22,28H,6-13,17H2,1H3. The Morgan fingerprint density at radius 2 is 1.83 bits per heavy atom. The van der Waals surface area contributed by atoms with Crippen LogP contribution in [0.3, 0.4) is 0 Å². The quantitative estimate of drug-likeness (QED) is 0.500. The number of ether oxygens (including phenoxy) is 3. The Bertz CT molecular complexity index is 1260. The molecule has 0 unspecified atom stereocenters. The fourth-order valence-electron chi connectivity index (χ4n) is 4.87. The van der Waals surface area contributed by atoms with Crippen LogP contribution < -0.4 is 25.1 Å². The summed E-state index contributed by atoms with van der Waals surface area (Å²) >= 11 is 0. The van der Waals surface area contributed by atoms with Crippen molar-refractivity contribution < 1.29 is 19.0 Å². The van der Waals surface area contributed by atoms with Crippen LogP contribution in [0.15, 0.2) is 47.3 Å². The number of methoxy groups -OCH3 is 1. The minimum atomic E-state index is -0.253. The highest BCUT2D eigenvalue weighted by Crippen LogP contribution is 2.30. The van der Waals surface area contributed by atoms with Gasteiger partial charge in [0.25, 0.3) is 5.56 Å². The molecular weight excluding hydrogens is 446 g/mol. The monoisotopic (exact) mass is 477 g/mol. The van der Waals surface area contributed by atoms with Crippen LogP contribution in [0.1, 0.15) is 28.8 Å². The third kappa shape index (κ3) is 5.18. The van der Waals surface area contributed by atoms with Crippen LogP contribution in [0.25, 0.3) is 10.9 Å². The van der Waals surface area contributed by atoms with Gasteiger partial charge in [-0.2, -0.15) is 0 Å². The molecule has 0 aliphatic carbocycles. The lowest BCUT2D eigenvalue weighted by Crippen LogP contribution is -2.43. The lowest BCUT2D eigenvalue weighted by atomic mass is 10.0. The van der Waals surface area contributed by atoms with Gasteiger partial charge < -0.3 is 29.0 Å². The summed E-state index contributed by atoms with van der Waals surface area (Å²) in [5.41, 5.74) is 1.91. The Kier molecular flexibility index (Phi) is 7.01. The number of hydrogen-bond donors (Lipinski definition) is 1. The zero-order valence-electron chi connectivity index (χ0n) is 20.0. The number of hydrogen-bond acceptors (Lipinski definition) is 7. The molecule has 0 saturated carbocycles. The molecule has 2 aromatic carbocycles. The first-order valence-electron chi connectivity index (χ1n) is 12.2. The Morgan fingerprint density at radius 3 is 2.60 bits per heavy atom. The van der Waals surface area contributed by atoms with Gasteiger partial charge in [-0.1, -0.05) is 6.07 Å². The number of benzene rings is 2. The zero-order valence-corrected chi connectivity index (χ0v) is 20.0. The molecule has 0 spiro atoms. The number of aromatic nitrogens is 1. The van der Waals surface area contributed by atoms with Gasteiger partial charge in [0.15, 0.2) is 17.8 Å². The number of carbonyl (C=O) groups excluding carboxylic acids is 1. The number of rotatable bonds is 8. The summed E-state index contributed by atoms with van der Waals surface area (Å²) in [6.07, 6.45) is 2.73. The maximum Gasteiger partial charge on any atom is 0.261 e. The first kappa shape index (κ1) is 23.4. The van der Waals surface area contributed by atoms with E-state index < -0.39 is 0 Å². The molecule has 1 fully saturated rings. The first-order valence-corrected chi connectivity index (χ1v) is 12.2. The molecule has 1 saturated heterocycles. The van der Waals surface area contributed by atoms with Gasteiger partial charge in [0.2, 0.25) is 0 Å². The summed E-state index contributed by atoms with van der Waals surface area (Å²) in [7, 11) is 1.61. The van der Waals surface area contributed by atoms with E-state index in [1.165, 1.54) is 5.56 Å². The van der Waals surface area contributed by atoms with Crippen molar-refractivity contribution in [2.24, 2.45) is 0 Å². The van der Waals surface area contributed by atoms with Crippen LogP contribution in [0.4, 0.5) is 0 Å². The first-order chi connectivity index (χ1) is 17.1. The fourth-order valence-corrected chi connectivity index (χ4v) is 4.87. The van der Waals surface area contributed by atoms with Gasteiger partial charge >= 0.3 is 0 Å². The lowest BCUT2D eigenvalue weighted by Gasteiger charge is -2.32. The highest BCUT2D eigenvalue weighted by molar-refractivity contribution is 5.87. The van der Waals surface area contributed by atoms with E-state index in [-0.39, 0.29) is 11.1 Å². The van der Waals surface area contributed by atoms with Crippen molar-refractivity contribution in [3.8, 4) is 17.2 Å². The molecule has 2 aliphatic rings. The number of likely N-dealkylation sites (tertiary alicyclic amines) is 1. The summed E-state index contributed by atoms with van der Waals surface area (Å²) in [6.45, 7) is 5.19. The molecule has 184 valence electrons. The molecule has 0 atom stereocenters. The van der Waals surface area contributed by atoms with Crippen molar-refractivity contribution in [1.29, 1.82) is 0 Å². The lowest BCUT2D eigenvalue weighted by molar-refractivity contribution is 0.112. The second-order valence-electron chi connectivity index (χ2n) is 9.07. The van der Waals surface area contributed by atoms with Crippen LogP contribution in [0.5, 0.6) is 17.2 Å². The summed E-state index contributed by atoms with van der Waals surface area (Å²) < 4.78 is 18.3. The minimum Gasteiger partial charge on any atom is -0.497 e. The highest BCUT2D eigenvalue weighted by atomic mass is 16.6. The van der Waals surface area contributed by atoms with Crippen LogP contribution >= 0.6 is 0 Å². The smallest absolute Gasteiger partial charge is 0.261 e. The van der Waals surface area contributed by atoms with Crippen molar-refractivity contribution in [2.75, 3.05) is 40.0 Å². The van der Waals surface area contributed by atoms with Gasteiger partial charge in [0.05, 0.1) is 18.2 Å². The molecule has 35 heavy (non-hydrogen) atoms. The molecule has 1 aromatic heterocycles. The van der Waals surface area contributed by atoms with Crippen molar-refractivity contribution >= 4 is 17.2 Å². The summed E-state index contributed by atoms with van der Waals surface area (Å²) in [5, 5.41) is 4.53. The largest absolute Gasteiger partial charge is 0.497 e. The van der Waals surface area contributed by atoms with Crippen molar-refractivity contribution in [3.05, 3.63) is 63.9 Å². The second-order valence-corrected chi connectivity index (χ2v) is 9.07. The van der Waals surface area contributed by atoms with Gasteiger partial charge in [-0.05, 0) is 67.2 Å². The van der Waals surface area contributed by atoms with E-state index in [1.807, 2.05) is 24.3 Å². The highest BCUT2D eigenvalue weighted by Gasteiger charge is 2.20.